The molecule has 0 aliphatic heterocycles. The molecule has 0 bridgehead atoms. The van der Waals surface area contributed by atoms with Gasteiger partial charge >= 0.3 is 0 Å². The Kier molecular flexibility index (Phi) is 6.72. The van der Waals surface area contributed by atoms with Crippen LogP contribution in [0.2, 0.25) is 0 Å². The normalized spacial score (nSPS) is 14.7. The van der Waals surface area contributed by atoms with Gasteiger partial charge in [-0.2, -0.15) is 0 Å². The largest absolute Gasteiger partial charge is 0.383 e. The number of likely N-dealkylation sites (N-methyl/N-ethyl adjacent to an activating group) is 1. The van der Waals surface area contributed by atoms with Crippen molar-refractivity contribution < 1.29 is 9.47 Å². The van der Waals surface area contributed by atoms with E-state index >= 15 is 0 Å². The number of rotatable bonds is 11. The number of thiazole rings is 1. The van der Waals surface area contributed by atoms with Gasteiger partial charge in [0.2, 0.25) is 0 Å². The van der Waals surface area contributed by atoms with Gasteiger partial charge < -0.3 is 19.7 Å². The molecular formula is C14H25N3O2S. The monoisotopic (exact) mass is 299 g/mol. The van der Waals surface area contributed by atoms with Crippen LogP contribution < -0.4 is 10.2 Å². The summed E-state index contributed by atoms with van der Waals surface area (Å²) in [5, 5.41) is 4.39. The zero-order valence-electron chi connectivity index (χ0n) is 12.4. The first-order chi connectivity index (χ1) is 9.79. The Balaban J connectivity index is 1.61. The molecule has 0 amide bonds. The maximum atomic E-state index is 5.66. The van der Waals surface area contributed by atoms with Crippen LogP contribution in [-0.2, 0) is 16.0 Å². The van der Waals surface area contributed by atoms with Crippen LogP contribution in [0.4, 0.5) is 5.13 Å². The first kappa shape index (κ1) is 15.7. The third-order valence-corrected chi connectivity index (χ3v) is 4.38. The van der Waals surface area contributed by atoms with Gasteiger partial charge in [-0.15, -0.1) is 11.3 Å². The number of aromatic nitrogens is 1. The van der Waals surface area contributed by atoms with Gasteiger partial charge in [0, 0.05) is 51.5 Å². The molecule has 1 saturated carbocycles. The smallest absolute Gasteiger partial charge is 0.185 e. The van der Waals surface area contributed by atoms with Crippen molar-refractivity contribution in [2.75, 3.05) is 52.0 Å². The fraction of sp³-hybridized carbons (Fsp3) is 0.786. The summed E-state index contributed by atoms with van der Waals surface area (Å²) < 4.78 is 10.7. The Labute approximate surface area is 125 Å². The molecule has 2 rings (SSSR count). The Morgan fingerprint density at radius 2 is 2.30 bits per heavy atom. The van der Waals surface area contributed by atoms with Crippen molar-refractivity contribution in [1.82, 2.24) is 10.3 Å². The van der Waals surface area contributed by atoms with Gasteiger partial charge in [-0.05, 0) is 18.8 Å². The summed E-state index contributed by atoms with van der Waals surface area (Å²) >= 11 is 1.73. The molecule has 1 heterocycles. The fourth-order valence-electron chi connectivity index (χ4n) is 1.77. The van der Waals surface area contributed by atoms with Gasteiger partial charge in [-0.25, -0.2) is 4.98 Å². The van der Waals surface area contributed by atoms with E-state index in [2.05, 4.69) is 22.2 Å². The molecule has 6 heteroatoms. The summed E-state index contributed by atoms with van der Waals surface area (Å²) in [6.07, 6.45) is 4.64. The van der Waals surface area contributed by atoms with Gasteiger partial charge in [0.05, 0.1) is 13.2 Å². The molecule has 0 spiro atoms. The molecule has 1 N–H and O–H groups in total. The molecule has 0 aromatic carbocycles. The Morgan fingerprint density at radius 3 is 3.05 bits per heavy atom. The predicted octanol–water partition coefficient (Wildman–Crippen LogP) is 1.74. The highest BCUT2D eigenvalue weighted by molar-refractivity contribution is 7.15. The number of anilines is 1. The molecule has 0 radical (unpaired) electrons. The molecule has 1 fully saturated rings. The van der Waals surface area contributed by atoms with Crippen LogP contribution in [0.15, 0.2) is 6.20 Å². The van der Waals surface area contributed by atoms with Crippen molar-refractivity contribution in [2.24, 2.45) is 5.92 Å². The summed E-state index contributed by atoms with van der Waals surface area (Å²) in [4.78, 5) is 7.87. The Hall–Kier alpha value is -0.690. The van der Waals surface area contributed by atoms with Crippen LogP contribution in [-0.4, -0.2) is 52.1 Å². The van der Waals surface area contributed by atoms with Gasteiger partial charge in [0.1, 0.15) is 0 Å². The summed E-state index contributed by atoms with van der Waals surface area (Å²) in [6.45, 7) is 5.08. The van der Waals surface area contributed by atoms with E-state index in [1.165, 1.54) is 17.7 Å². The van der Waals surface area contributed by atoms with E-state index in [1.54, 1.807) is 18.4 Å². The van der Waals surface area contributed by atoms with Crippen molar-refractivity contribution >= 4 is 16.5 Å². The number of hydrogen-bond donors (Lipinski definition) is 1. The summed E-state index contributed by atoms with van der Waals surface area (Å²) in [7, 11) is 3.79. The average Bonchev–Trinajstić information content (AvgIpc) is 3.16. The predicted molar refractivity (Wildman–Crippen MR) is 82.5 cm³/mol. The summed E-state index contributed by atoms with van der Waals surface area (Å²) in [6, 6.07) is 0. The second-order valence-corrected chi connectivity index (χ2v) is 6.31. The molecule has 0 atom stereocenters. The van der Waals surface area contributed by atoms with Crippen molar-refractivity contribution in [3.8, 4) is 0 Å². The second kappa shape index (κ2) is 8.56. The second-order valence-electron chi connectivity index (χ2n) is 5.22. The maximum Gasteiger partial charge on any atom is 0.185 e. The van der Waals surface area contributed by atoms with E-state index in [0.717, 1.165) is 50.5 Å². The fourth-order valence-corrected chi connectivity index (χ4v) is 2.64. The molecule has 5 nitrogen and oxygen atoms in total. The lowest BCUT2D eigenvalue weighted by Gasteiger charge is -2.15. The van der Waals surface area contributed by atoms with E-state index < -0.39 is 0 Å². The SMILES string of the molecule is COCCNCc1cnc(N(C)CCOCC2CC2)s1. The standard InChI is InChI=1S/C14H25N3O2S/c1-17(6-8-19-11-12-3-4-12)14-16-10-13(20-14)9-15-5-7-18-2/h10,12,15H,3-9,11H2,1-2H3. The summed E-state index contributed by atoms with van der Waals surface area (Å²) in [5.41, 5.74) is 0. The van der Waals surface area contributed by atoms with Crippen molar-refractivity contribution in [3.63, 3.8) is 0 Å². The number of nitrogens with zero attached hydrogens (tertiary/aromatic N) is 2. The molecule has 114 valence electrons. The molecule has 1 aliphatic rings. The third kappa shape index (κ3) is 5.75. The van der Waals surface area contributed by atoms with E-state index in [-0.39, 0.29) is 0 Å². The van der Waals surface area contributed by atoms with Gasteiger partial charge in [-0.3, -0.25) is 0 Å². The van der Waals surface area contributed by atoms with Crippen LogP contribution in [0.1, 0.15) is 17.7 Å². The van der Waals surface area contributed by atoms with Crippen molar-refractivity contribution in [2.45, 2.75) is 19.4 Å². The highest BCUT2D eigenvalue weighted by Crippen LogP contribution is 2.28. The average molecular weight is 299 g/mol. The Bertz CT molecular complexity index is 382. The highest BCUT2D eigenvalue weighted by Gasteiger charge is 2.21. The number of nitrogens with one attached hydrogen (secondary N) is 1. The minimum atomic E-state index is 0.740. The number of hydrogen-bond acceptors (Lipinski definition) is 6. The third-order valence-electron chi connectivity index (χ3n) is 3.27. The molecule has 0 unspecified atom stereocenters. The molecule has 1 aromatic heterocycles. The lowest BCUT2D eigenvalue weighted by molar-refractivity contribution is 0.131. The van der Waals surface area contributed by atoms with E-state index in [0.29, 0.717) is 0 Å². The lowest BCUT2D eigenvalue weighted by atomic mass is 10.5. The van der Waals surface area contributed by atoms with Crippen LogP contribution in [0, 0.1) is 5.92 Å². The van der Waals surface area contributed by atoms with Crippen LogP contribution in [0.25, 0.3) is 0 Å². The first-order valence-corrected chi connectivity index (χ1v) is 8.04. The zero-order chi connectivity index (χ0) is 14.2. The van der Waals surface area contributed by atoms with Gasteiger partial charge in [0.25, 0.3) is 0 Å². The molecule has 0 saturated heterocycles. The lowest BCUT2D eigenvalue weighted by Crippen LogP contribution is -2.22. The van der Waals surface area contributed by atoms with Crippen molar-refractivity contribution in [1.29, 1.82) is 0 Å². The quantitative estimate of drug-likeness (QED) is 0.631. The topological polar surface area (TPSA) is 46.6 Å². The number of methoxy groups -OCH3 is 1. The first-order valence-electron chi connectivity index (χ1n) is 7.23. The molecule has 1 aromatic rings. The minimum absolute atomic E-state index is 0.740. The maximum absolute atomic E-state index is 5.66. The molecule has 20 heavy (non-hydrogen) atoms. The zero-order valence-corrected chi connectivity index (χ0v) is 13.2. The van der Waals surface area contributed by atoms with E-state index in [4.69, 9.17) is 9.47 Å². The van der Waals surface area contributed by atoms with Crippen molar-refractivity contribution in [3.05, 3.63) is 11.1 Å². The highest BCUT2D eigenvalue weighted by atomic mass is 32.1. The van der Waals surface area contributed by atoms with E-state index in [9.17, 15) is 0 Å². The van der Waals surface area contributed by atoms with E-state index in [1.807, 2.05) is 6.20 Å². The molecule has 1 aliphatic carbocycles. The van der Waals surface area contributed by atoms with Crippen LogP contribution in [0.3, 0.4) is 0 Å². The Morgan fingerprint density at radius 1 is 1.45 bits per heavy atom. The van der Waals surface area contributed by atoms with Crippen LogP contribution in [0.5, 0.6) is 0 Å². The summed E-state index contributed by atoms with van der Waals surface area (Å²) in [5.74, 6) is 0.838. The van der Waals surface area contributed by atoms with Gasteiger partial charge in [0.15, 0.2) is 5.13 Å². The number of ether oxygens (including phenoxy) is 2. The molecular weight excluding hydrogens is 274 g/mol. The minimum Gasteiger partial charge on any atom is -0.383 e. The van der Waals surface area contributed by atoms with Gasteiger partial charge in [-0.1, -0.05) is 0 Å². The van der Waals surface area contributed by atoms with Crippen LogP contribution >= 0.6 is 11.3 Å².